The third-order valence-electron chi connectivity index (χ3n) is 2.76. The van der Waals surface area contributed by atoms with Crippen molar-refractivity contribution in [2.45, 2.75) is 44.4 Å². The van der Waals surface area contributed by atoms with Crippen LogP contribution in [0.4, 0.5) is 0 Å². The predicted octanol–water partition coefficient (Wildman–Crippen LogP) is 1.72. The van der Waals surface area contributed by atoms with Crippen LogP contribution in [0, 0.1) is 0 Å². The topological polar surface area (TPSA) is 48.4 Å². The molecule has 3 atom stereocenters. The summed E-state index contributed by atoms with van der Waals surface area (Å²) >= 11 is 0. The fraction of sp³-hybridized carbons (Fsp3) is 0.636. The summed E-state index contributed by atoms with van der Waals surface area (Å²) in [5.41, 5.74) is 6.05. The Balaban J connectivity index is 1.87. The monoisotopic (exact) mass is 195 g/mol. The maximum absolute atomic E-state index is 6.05. The quantitative estimate of drug-likeness (QED) is 0.798. The first kappa shape index (κ1) is 9.74. The van der Waals surface area contributed by atoms with E-state index in [1.165, 1.54) is 0 Å². The van der Waals surface area contributed by atoms with Crippen molar-refractivity contribution in [3.05, 3.63) is 24.2 Å². The van der Waals surface area contributed by atoms with Crippen molar-refractivity contribution < 1.29 is 9.15 Å². The van der Waals surface area contributed by atoms with E-state index < -0.39 is 0 Å². The molecule has 0 saturated carbocycles. The highest BCUT2D eigenvalue weighted by molar-refractivity contribution is 5.01. The SMILES string of the molecule is CC1CCC(C(N)Cc2ccco2)O1. The normalized spacial score (nSPS) is 29.3. The van der Waals surface area contributed by atoms with Crippen molar-refractivity contribution in [2.75, 3.05) is 0 Å². The molecule has 3 unspecified atom stereocenters. The van der Waals surface area contributed by atoms with Crippen LogP contribution in [0.15, 0.2) is 22.8 Å². The zero-order valence-corrected chi connectivity index (χ0v) is 8.48. The van der Waals surface area contributed by atoms with Crippen LogP contribution in [0.1, 0.15) is 25.5 Å². The van der Waals surface area contributed by atoms with Gasteiger partial charge < -0.3 is 14.9 Å². The molecule has 0 amide bonds. The molecule has 1 aliphatic rings. The highest BCUT2D eigenvalue weighted by Gasteiger charge is 2.27. The van der Waals surface area contributed by atoms with Gasteiger partial charge in [-0.05, 0) is 31.9 Å². The molecule has 0 aliphatic carbocycles. The van der Waals surface area contributed by atoms with E-state index in [4.69, 9.17) is 14.9 Å². The van der Waals surface area contributed by atoms with E-state index in [1.54, 1.807) is 6.26 Å². The minimum Gasteiger partial charge on any atom is -0.469 e. The Morgan fingerprint density at radius 3 is 3.00 bits per heavy atom. The molecule has 0 radical (unpaired) electrons. The average Bonchev–Trinajstić information content (AvgIpc) is 2.75. The second-order valence-corrected chi connectivity index (χ2v) is 4.01. The molecule has 2 N–H and O–H groups in total. The van der Waals surface area contributed by atoms with Gasteiger partial charge in [0.15, 0.2) is 0 Å². The largest absolute Gasteiger partial charge is 0.469 e. The predicted molar refractivity (Wildman–Crippen MR) is 54.0 cm³/mol. The Morgan fingerprint density at radius 1 is 1.57 bits per heavy atom. The van der Waals surface area contributed by atoms with Gasteiger partial charge in [0.25, 0.3) is 0 Å². The number of nitrogens with two attached hydrogens (primary N) is 1. The number of hydrogen-bond donors (Lipinski definition) is 1. The summed E-state index contributed by atoms with van der Waals surface area (Å²) in [5.74, 6) is 0.945. The lowest BCUT2D eigenvalue weighted by Crippen LogP contribution is -2.36. The van der Waals surface area contributed by atoms with E-state index in [9.17, 15) is 0 Å². The number of hydrogen-bond acceptors (Lipinski definition) is 3. The average molecular weight is 195 g/mol. The minimum absolute atomic E-state index is 0.0612. The molecule has 3 nitrogen and oxygen atoms in total. The highest BCUT2D eigenvalue weighted by atomic mass is 16.5. The molecular formula is C11H17NO2. The van der Waals surface area contributed by atoms with Crippen molar-refractivity contribution in [1.82, 2.24) is 0 Å². The van der Waals surface area contributed by atoms with Crippen molar-refractivity contribution in [3.63, 3.8) is 0 Å². The van der Waals surface area contributed by atoms with Crippen molar-refractivity contribution in [1.29, 1.82) is 0 Å². The summed E-state index contributed by atoms with van der Waals surface area (Å²) in [6.07, 6.45) is 5.21. The zero-order valence-electron chi connectivity index (χ0n) is 8.48. The van der Waals surface area contributed by atoms with Crippen LogP contribution in [-0.4, -0.2) is 18.2 Å². The van der Waals surface area contributed by atoms with Gasteiger partial charge >= 0.3 is 0 Å². The summed E-state index contributed by atoms with van der Waals surface area (Å²) in [7, 11) is 0. The van der Waals surface area contributed by atoms with Gasteiger partial charge in [0.05, 0.1) is 18.5 Å². The summed E-state index contributed by atoms with van der Waals surface area (Å²) in [4.78, 5) is 0. The van der Waals surface area contributed by atoms with Crippen LogP contribution >= 0.6 is 0 Å². The van der Waals surface area contributed by atoms with Crippen LogP contribution in [0.3, 0.4) is 0 Å². The second-order valence-electron chi connectivity index (χ2n) is 4.01. The van der Waals surface area contributed by atoms with Crippen molar-refractivity contribution >= 4 is 0 Å². The molecular weight excluding hydrogens is 178 g/mol. The molecule has 1 fully saturated rings. The number of furan rings is 1. The summed E-state index contributed by atoms with van der Waals surface area (Å²) in [6, 6.07) is 3.91. The first-order valence-corrected chi connectivity index (χ1v) is 5.19. The number of rotatable bonds is 3. The second kappa shape index (κ2) is 4.15. The van der Waals surface area contributed by atoms with Crippen LogP contribution in [0.2, 0.25) is 0 Å². The maximum Gasteiger partial charge on any atom is 0.105 e. The van der Waals surface area contributed by atoms with Gasteiger partial charge in [-0.15, -0.1) is 0 Å². The highest BCUT2D eigenvalue weighted by Crippen LogP contribution is 2.22. The third kappa shape index (κ3) is 2.16. The van der Waals surface area contributed by atoms with Crippen molar-refractivity contribution in [3.8, 4) is 0 Å². The van der Waals surface area contributed by atoms with Crippen LogP contribution in [0.25, 0.3) is 0 Å². The molecule has 0 bridgehead atoms. The molecule has 1 aromatic heterocycles. The Labute approximate surface area is 84.2 Å². The summed E-state index contributed by atoms with van der Waals surface area (Å²) in [5, 5.41) is 0. The third-order valence-corrected chi connectivity index (χ3v) is 2.76. The van der Waals surface area contributed by atoms with Crippen LogP contribution in [0.5, 0.6) is 0 Å². The van der Waals surface area contributed by atoms with Gasteiger partial charge in [0.1, 0.15) is 5.76 Å². The van der Waals surface area contributed by atoms with E-state index >= 15 is 0 Å². The van der Waals surface area contributed by atoms with Crippen molar-refractivity contribution in [2.24, 2.45) is 5.73 Å². The van der Waals surface area contributed by atoms with Gasteiger partial charge in [-0.2, -0.15) is 0 Å². The molecule has 0 aromatic carbocycles. The first-order chi connectivity index (χ1) is 6.75. The molecule has 78 valence electrons. The maximum atomic E-state index is 6.05. The smallest absolute Gasteiger partial charge is 0.105 e. The van der Waals surface area contributed by atoms with E-state index in [0.29, 0.717) is 6.10 Å². The zero-order chi connectivity index (χ0) is 9.97. The fourth-order valence-electron chi connectivity index (χ4n) is 1.94. The molecule has 1 aromatic rings. The van der Waals surface area contributed by atoms with Crippen LogP contribution < -0.4 is 5.73 Å². The lowest BCUT2D eigenvalue weighted by molar-refractivity contribution is 0.0395. The Hall–Kier alpha value is -0.800. The molecule has 14 heavy (non-hydrogen) atoms. The molecule has 2 rings (SSSR count). The van der Waals surface area contributed by atoms with Gasteiger partial charge in [0.2, 0.25) is 0 Å². The lowest BCUT2D eigenvalue weighted by atomic mass is 10.0. The molecule has 1 aliphatic heterocycles. The summed E-state index contributed by atoms with van der Waals surface area (Å²) < 4.78 is 11.0. The molecule has 1 saturated heterocycles. The Kier molecular flexibility index (Phi) is 2.89. The molecule has 0 spiro atoms. The first-order valence-electron chi connectivity index (χ1n) is 5.19. The standard InChI is InChI=1S/C11H17NO2/c1-8-4-5-11(14-8)10(12)7-9-3-2-6-13-9/h2-3,6,8,10-11H,4-5,7,12H2,1H3. The number of ether oxygens (including phenoxy) is 1. The Bertz CT molecular complexity index is 271. The van der Waals surface area contributed by atoms with E-state index in [1.807, 2.05) is 12.1 Å². The fourth-order valence-corrected chi connectivity index (χ4v) is 1.94. The van der Waals surface area contributed by atoms with E-state index in [0.717, 1.165) is 25.0 Å². The van der Waals surface area contributed by atoms with Crippen LogP contribution in [-0.2, 0) is 11.2 Å². The van der Waals surface area contributed by atoms with E-state index in [-0.39, 0.29) is 12.1 Å². The van der Waals surface area contributed by atoms with E-state index in [2.05, 4.69) is 6.92 Å². The van der Waals surface area contributed by atoms with Gasteiger partial charge in [0, 0.05) is 12.5 Å². The van der Waals surface area contributed by atoms with Gasteiger partial charge in [-0.3, -0.25) is 0 Å². The Morgan fingerprint density at radius 2 is 2.43 bits per heavy atom. The lowest BCUT2D eigenvalue weighted by Gasteiger charge is -2.18. The summed E-state index contributed by atoms with van der Waals surface area (Å²) in [6.45, 7) is 2.10. The van der Waals surface area contributed by atoms with Gasteiger partial charge in [-0.1, -0.05) is 0 Å². The molecule has 2 heterocycles. The molecule has 3 heteroatoms. The minimum atomic E-state index is 0.0612. The van der Waals surface area contributed by atoms with Gasteiger partial charge in [-0.25, -0.2) is 0 Å².